The van der Waals surface area contributed by atoms with Gasteiger partial charge in [-0.1, -0.05) is 57.2 Å². The third kappa shape index (κ3) is 5.35. The van der Waals surface area contributed by atoms with Crippen molar-refractivity contribution in [2.45, 2.75) is 38.0 Å². The molecule has 1 N–H and O–H groups in total. The first-order chi connectivity index (χ1) is 16.6. The van der Waals surface area contributed by atoms with Crippen LogP contribution in [-0.2, 0) is 15.4 Å². The highest BCUT2D eigenvalue weighted by Crippen LogP contribution is 2.27. The van der Waals surface area contributed by atoms with Crippen LogP contribution in [0.2, 0.25) is 0 Å². The number of anilines is 1. The Bertz CT molecular complexity index is 1410. The summed E-state index contributed by atoms with van der Waals surface area (Å²) in [7, 11) is -4.00. The van der Waals surface area contributed by atoms with Crippen LogP contribution in [0.25, 0.3) is 0 Å². The van der Waals surface area contributed by atoms with E-state index in [4.69, 9.17) is 4.74 Å². The maximum absolute atomic E-state index is 13.2. The summed E-state index contributed by atoms with van der Waals surface area (Å²) in [5.41, 5.74) is 2.91. The second-order valence-corrected chi connectivity index (χ2v) is 10.8. The minimum atomic E-state index is -4.00. The molecule has 1 aliphatic carbocycles. The van der Waals surface area contributed by atoms with Gasteiger partial charge in [-0.05, 0) is 60.4 Å². The van der Waals surface area contributed by atoms with E-state index in [-0.39, 0.29) is 27.5 Å². The van der Waals surface area contributed by atoms with E-state index in [2.05, 4.69) is 30.5 Å². The normalized spacial score (nSPS) is 14.9. The lowest BCUT2D eigenvalue weighted by Gasteiger charge is -2.19. The van der Waals surface area contributed by atoms with Crippen molar-refractivity contribution < 1.29 is 17.9 Å². The summed E-state index contributed by atoms with van der Waals surface area (Å²) in [4.78, 5) is 13.2. The predicted octanol–water partition coefficient (Wildman–Crippen LogP) is 5.75. The number of nitrogens with one attached hydrogen (secondary N) is 1. The van der Waals surface area contributed by atoms with Gasteiger partial charge in [-0.3, -0.25) is 4.79 Å². The molecule has 0 radical (unpaired) electrons. The average molecular weight is 489 g/mol. The molecule has 1 aliphatic rings. The van der Waals surface area contributed by atoms with E-state index in [9.17, 15) is 13.2 Å². The Morgan fingerprint density at radius 1 is 0.886 bits per heavy atom. The Kier molecular flexibility index (Phi) is 6.63. The maximum Gasteiger partial charge on any atom is 0.282 e. The fourth-order valence-electron chi connectivity index (χ4n) is 3.76. The fraction of sp³-hybridized carbons (Fsp3) is 0.214. The minimum absolute atomic E-state index is 0.0962. The molecule has 3 aromatic rings. The molecule has 6 nitrogen and oxygen atoms in total. The number of rotatable bonds is 6. The summed E-state index contributed by atoms with van der Waals surface area (Å²) in [6.45, 7) is 8.66. The van der Waals surface area contributed by atoms with Crippen LogP contribution < -0.4 is 10.1 Å². The van der Waals surface area contributed by atoms with Crippen molar-refractivity contribution >= 4 is 27.2 Å². The van der Waals surface area contributed by atoms with Crippen molar-refractivity contribution in [1.29, 1.82) is 0 Å². The standard InChI is InChI=1S/C28H28N2O4S/c1-5-34-21-14-12-20(13-15-21)29-26-18-25(23-8-6-7-9-24(23)27(26)31)30-35(32,33)22-16-10-19(11-17-22)28(2,3)4/h6-18,29H,5H2,1-4H3/b30-25+. The summed E-state index contributed by atoms with van der Waals surface area (Å²) in [6.07, 6.45) is 1.49. The molecule has 35 heavy (non-hydrogen) atoms. The number of sulfonamides is 1. The lowest BCUT2D eigenvalue weighted by Crippen LogP contribution is -2.22. The smallest absolute Gasteiger partial charge is 0.282 e. The van der Waals surface area contributed by atoms with Gasteiger partial charge in [-0.25, -0.2) is 0 Å². The van der Waals surface area contributed by atoms with Crippen LogP contribution in [0.5, 0.6) is 5.75 Å². The lowest BCUT2D eigenvalue weighted by molar-refractivity contribution is 0.103. The topological polar surface area (TPSA) is 84.8 Å². The minimum Gasteiger partial charge on any atom is -0.494 e. The van der Waals surface area contributed by atoms with E-state index in [0.717, 1.165) is 11.3 Å². The average Bonchev–Trinajstić information content (AvgIpc) is 2.83. The van der Waals surface area contributed by atoms with E-state index < -0.39 is 10.0 Å². The van der Waals surface area contributed by atoms with Gasteiger partial charge >= 0.3 is 0 Å². The number of benzene rings is 3. The van der Waals surface area contributed by atoms with Gasteiger partial charge in [0.15, 0.2) is 0 Å². The number of nitrogens with zero attached hydrogens (tertiary/aromatic N) is 1. The third-order valence-corrected chi connectivity index (χ3v) is 6.96. The monoisotopic (exact) mass is 488 g/mol. The van der Waals surface area contributed by atoms with Crippen LogP contribution in [0, 0.1) is 0 Å². The van der Waals surface area contributed by atoms with E-state index >= 15 is 0 Å². The zero-order valence-corrected chi connectivity index (χ0v) is 21.0. The van der Waals surface area contributed by atoms with Gasteiger partial charge in [0.25, 0.3) is 10.0 Å². The maximum atomic E-state index is 13.2. The van der Waals surface area contributed by atoms with Gasteiger partial charge in [0.2, 0.25) is 5.78 Å². The van der Waals surface area contributed by atoms with Crippen molar-refractivity contribution in [3.63, 3.8) is 0 Å². The van der Waals surface area contributed by atoms with Gasteiger partial charge in [-0.15, -0.1) is 0 Å². The number of carbonyl (C=O) groups is 1. The molecule has 0 aromatic heterocycles. The highest BCUT2D eigenvalue weighted by Gasteiger charge is 2.26. The number of ketones is 1. The Morgan fingerprint density at radius 3 is 2.11 bits per heavy atom. The SMILES string of the molecule is CCOc1ccc(NC2=C/C(=N\S(=O)(=O)c3ccc(C(C)(C)C)cc3)c3ccccc3C2=O)cc1. The lowest BCUT2D eigenvalue weighted by atomic mass is 9.87. The van der Waals surface area contributed by atoms with E-state index in [0.29, 0.717) is 23.4 Å². The van der Waals surface area contributed by atoms with Gasteiger partial charge in [0.05, 0.1) is 22.9 Å². The van der Waals surface area contributed by atoms with E-state index in [1.165, 1.54) is 6.08 Å². The number of Topliss-reactive ketones (excluding diaryl/α,β-unsaturated/α-hetero) is 1. The van der Waals surface area contributed by atoms with Crippen LogP contribution in [0.3, 0.4) is 0 Å². The third-order valence-electron chi connectivity index (χ3n) is 5.65. The molecule has 4 rings (SSSR count). The Labute approximate surface area is 206 Å². The van der Waals surface area contributed by atoms with Crippen molar-refractivity contribution in [2.75, 3.05) is 11.9 Å². The molecular weight excluding hydrogens is 460 g/mol. The summed E-state index contributed by atoms with van der Waals surface area (Å²) in [6, 6.07) is 20.8. The number of ether oxygens (including phenoxy) is 1. The van der Waals surface area contributed by atoms with Gasteiger partial charge in [-0.2, -0.15) is 12.8 Å². The van der Waals surface area contributed by atoms with E-state index in [1.807, 2.05) is 6.92 Å². The zero-order valence-electron chi connectivity index (χ0n) is 20.2. The summed E-state index contributed by atoms with van der Waals surface area (Å²) in [5, 5.41) is 3.10. The Hall–Kier alpha value is -3.71. The van der Waals surface area contributed by atoms with Crippen LogP contribution in [0.1, 0.15) is 49.2 Å². The first kappa shape index (κ1) is 24.4. The molecule has 3 aromatic carbocycles. The quantitative estimate of drug-likeness (QED) is 0.477. The van der Waals surface area contributed by atoms with E-state index in [1.54, 1.807) is 72.8 Å². The van der Waals surface area contributed by atoms with Crippen LogP contribution in [-0.4, -0.2) is 26.5 Å². The van der Waals surface area contributed by atoms with Crippen molar-refractivity contribution in [3.8, 4) is 5.75 Å². The molecular formula is C28H28N2O4S. The molecule has 0 amide bonds. The molecule has 180 valence electrons. The van der Waals surface area contributed by atoms with Crippen LogP contribution in [0.4, 0.5) is 5.69 Å². The zero-order chi connectivity index (χ0) is 25.2. The molecule has 0 aliphatic heterocycles. The molecule has 0 saturated carbocycles. The predicted molar refractivity (Wildman–Crippen MR) is 139 cm³/mol. The highest BCUT2D eigenvalue weighted by atomic mass is 32.2. The van der Waals surface area contributed by atoms with Crippen LogP contribution in [0.15, 0.2) is 93.9 Å². The summed E-state index contributed by atoms with van der Waals surface area (Å²) >= 11 is 0. The number of fused-ring (bicyclic) bond motifs is 1. The largest absolute Gasteiger partial charge is 0.494 e. The number of hydrogen-bond acceptors (Lipinski definition) is 5. The number of allylic oxidation sites excluding steroid dienone is 2. The first-order valence-corrected chi connectivity index (χ1v) is 12.8. The molecule has 0 atom stereocenters. The van der Waals surface area contributed by atoms with Gasteiger partial charge in [0, 0.05) is 16.8 Å². The van der Waals surface area contributed by atoms with Gasteiger partial charge < -0.3 is 10.1 Å². The van der Waals surface area contributed by atoms with Crippen molar-refractivity contribution in [1.82, 2.24) is 0 Å². The fourth-order valence-corrected chi connectivity index (χ4v) is 4.76. The van der Waals surface area contributed by atoms with Crippen LogP contribution >= 0.6 is 0 Å². The second-order valence-electron chi connectivity index (χ2n) is 9.24. The molecule has 0 saturated heterocycles. The molecule has 0 fully saturated rings. The summed E-state index contributed by atoms with van der Waals surface area (Å²) in [5.74, 6) is 0.485. The molecule has 0 heterocycles. The molecule has 0 unspecified atom stereocenters. The number of carbonyl (C=O) groups excluding carboxylic acids is 1. The Balaban J connectivity index is 1.72. The first-order valence-electron chi connectivity index (χ1n) is 11.4. The summed E-state index contributed by atoms with van der Waals surface area (Å²) < 4.78 is 36.0. The van der Waals surface area contributed by atoms with Crippen molar-refractivity contribution in [2.24, 2.45) is 4.40 Å². The highest BCUT2D eigenvalue weighted by molar-refractivity contribution is 7.90. The second kappa shape index (κ2) is 9.50. The molecule has 0 spiro atoms. The molecule has 7 heteroatoms. The molecule has 0 bridgehead atoms. The number of hydrogen-bond donors (Lipinski definition) is 1. The van der Waals surface area contributed by atoms with Gasteiger partial charge in [0.1, 0.15) is 5.75 Å². The van der Waals surface area contributed by atoms with Crippen molar-refractivity contribution in [3.05, 3.63) is 101 Å². The Morgan fingerprint density at radius 2 is 1.51 bits per heavy atom.